The molecular weight excluding hydrogens is 314 g/mol. The van der Waals surface area contributed by atoms with E-state index in [0.29, 0.717) is 13.0 Å². The van der Waals surface area contributed by atoms with E-state index in [4.69, 9.17) is 0 Å². The zero-order valence-corrected chi connectivity index (χ0v) is 13.0. The van der Waals surface area contributed by atoms with Crippen molar-refractivity contribution in [2.75, 3.05) is 12.3 Å². The first-order chi connectivity index (χ1) is 8.48. The van der Waals surface area contributed by atoms with Gasteiger partial charge in [0.25, 0.3) is 0 Å². The highest BCUT2D eigenvalue weighted by Gasteiger charge is 2.31. The van der Waals surface area contributed by atoms with Crippen molar-refractivity contribution >= 4 is 33.7 Å². The lowest BCUT2D eigenvalue weighted by atomic mass is 9.99. The average molecular weight is 332 g/mol. The van der Waals surface area contributed by atoms with Crippen LogP contribution in [0.5, 0.6) is 0 Å². The molecule has 1 unspecified atom stereocenters. The van der Waals surface area contributed by atoms with Gasteiger partial charge in [0, 0.05) is 15.1 Å². The Morgan fingerprint density at radius 1 is 1.56 bits per heavy atom. The van der Waals surface area contributed by atoms with Crippen molar-refractivity contribution < 1.29 is 9.90 Å². The molecule has 0 heterocycles. The fourth-order valence-corrected chi connectivity index (χ4v) is 3.27. The van der Waals surface area contributed by atoms with Crippen molar-refractivity contribution in [2.45, 2.75) is 30.7 Å². The van der Waals surface area contributed by atoms with Gasteiger partial charge >= 0.3 is 5.97 Å². The molecule has 0 spiro atoms. The number of likely N-dealkylation sites (N-methyl/N-ethyl adjacent to an activating group) is 1. The van der Waals surface area contributed by atoms with Crippen molar-refractivity contribution in [3.8, 4) is 0 Å². The lowest BCUT2D eigenvalue weighted by Crippen LogP contribution is -2.49. The van der Waals surface area contributed by atoms with Gasteiger partial charge in [0.2, 0.25) is 0 Å². The zero-order chi connectivity index (χ0) is 13.6. The molecule has 2 N–H and O–H groups in total. The summed E-state index contributed by atoms with van der Waals surface area (Å²) in [7, 11) is 0. The maximum absolute atomic E-state index is 11.2. The number of rotatable bonds is 7. The van der Waals surface area contributed by atoms with Gasteiger partial charge in [-0.1, -0.05) is 28.9 Å². The number of nitrogens with one attached hydrogen (secondary N) is 1. The Morgan fingerprint density at radius 3 is 2.83 bits per heavy atom. The highest BCUT2D eigenvalue weighted by atomic mass is 79.9. The SMILES string of the molecule is CCNC(C)(CCSc1cccc(Br)c1)C(=O)O. The van der Waals surface area contributed by atoms with Crippen molar-refractivity contribution in [1.29, 1.82) is 0 Å². The third kappa shape index (κ3) is 4.63. The second-order valence-electron chi connectivity index (χ2n) is 4.22. The molecule has 0 aliphatic rings. The smallest absolute Gasteiger partial charge is 0.323 e. The average Bonchev–Trinajstić information content (AvgIpc) is 2.29. The number of carbonyl (C=O) groups is 1. The third-order valence-electron chi connectivity index (χ3n) is 2.71. The van der Waals surface area contributed by atoms with Crippen molar-refractivity contribution in [3.05, 3.63) is 28.7 Å². The number of thioether (sulfide) groups is 1. The van der Waals surface area contributed by atoms with E-state index in [1.165, 1.54) is 0 Å². The van der Waals surface area contributed by atoms with E-state index in [1.54, 1.807) is 18.7 Å². The Labute approximate surface area is 120 Å². The molecule has 0 bridgehead atoms. The summed E-state index contributed by atoms with van der Waals surface area (Å²) in [5, 5.41) is 12.3. The maximum atomic E-state index is 11.2. The number of hydrogen-bond acceptors (Lipinski definition) is 3. The largest absolute Gasteiger partial charge is 0.480 e. The Balaban J connectivity index is 2.51. The molecule has 1 aromatic carbocycles. The minimum atomic E-state index is -0.840. The predicted molar refractivity (Wildman–Crippen MR) is 79.2 cm³/mol. The van der Waals surface area contributed by atoms with Crippen molar-refractivity contribution in [1.82, 2.24) is 5.32 Å². The van der Waals surface area contributed by atoms with E-state index < -0.39 is 11.5 Å². The monoisotopic (exact) mass is 331 g/mol. The molecule has 0 aromatic heterocycles. The molecular formula is C13H18BrNO2S. The van der Waals surface area contributed by atoms with E-state index in [0.717, 1.165) is 15.1 Å². The first kappa shape index (κ1) is 15.5. The van der Waals surface area contributed by atoms with Gasteiger partial charge in [-0.25, -0.2) is 0 Å². The van der Waals surface area contributed by atoms with Gasteiger partial charge in [0.1, 0.15) is 5.54 Å². The zero-order valence-electron chi connectivity index (χ0n) is 10.6. The van der Waals surface area contributed by atoms with Crippen molar-refractivity contribution in [3.63, 3.8) is 0 Å². The van der Waals surface area contributed by atoms with E-state index in [1.807, 2.05) is 31.2 Å². The minimum absolute atomic E-state index is 0.591. The first-order valence-corrected chi connectivity index (χ1v) is 7.62. The molecule has 0 saturated carbocycles. The van der Waals surface area contributed by atoms with Crippen LogP contribution in [0.1, 0.15) is 20.3 Å². The van der Waals surface area contributed by atoms with Gasteiger partial charge < -0.3 is 10.4 Å². The standard InChI is InChI=1S/C13H18BrNO2S/c1-3-15-13(2,12(16)17)7-8-18-11-6-4-5-10(14)9-11/h4-6,9,15H,3,7-8H2,1-2H3,(H,16,17). The Kier molecular flexibility index (Phi) is 6.18. The summed E-state index contributed by atoms with van der Waals surface area (Å²) in [6, 6.07) is 8.02. The summed E-state index contributed by atoms with van der Waals surface area (Å²) in [4.78, 5) is 12.4. The first-order valence-electron chi connectivity index (χ1n) is 5.85. The molecule has 0 saturated heterocycles. The van der Waals surface area contributed by atoms with E-state index in [9.17, 15) is 9.90 Å². The quantitative estimate of drug-likeness (QED) is 0.752. The molecule has 0 fully saturated rings. The molecule has 0 aliphatic heterocycles. The number of carboxylic acids is 1. The molecule has 0 amide bonds. The second kappa shape index (κ2) is 7.16. The number of halogens is 1. The van der Waals surface area contributed by atoms with Gasteiger partial charge in [0.05, 0.1) is 0 Å². The Bertz CT molecular complexity index is 414. The van der Waals surface area contributed by atoms with Crippen LogP contribution in [0.25, 0.3) is 0 Å². The van der Waals surface area contributed by atoms with E-state index in [2.05, 4.69) is 21.2 Å². The van der Waals surface area contributed by atoms with Crippen LogP contribution in [0, 0.1) is 0 Å². The van der Waals surface area contributed by atoms with Crippen LogP contribution >= 0.6 is 27.7 Å². The summed E-state index contributed by atoms with van der Waals surface area (Å²) >= 11 is 5.09. The lowest BCUT2D eigenvalue weighted by molar-refractivity contribution is -0.144. The van der Waals surface area contributed by atoms with Crippen LogP contribution in [0.3, 0.4) is 0 Å². The predicted octanol–water partition coefficient (Wildman–Crippen LogP) is 3.38. The van der Waals surface area contributed by atoms with Crippen LogP contribution in [0.15, 0.2) is 33.6 Å². The number of carboxylic acid groups (broad SMARTS) is 1. The number of aliphatic carboxylic acids is 1. The topological polar surface area (TPSA) is 49.3 Å². The highest BCUT2D eigenvalue weighted by Crippen LogP contribution is 2.24. The molecule has 5 heteroatoms. The molecule has 3 nitrogen and oxygen atoms in total. The van der Waals surface area contributed by atoms with E-state index in [-0.39, 0.29) is 0 Å². The normalized spacial score (nSPS) is 14.2. The van der Waals surface area contributed by atoms with Gasteiger partial charge in [-0.2, -0.15) is 0 Å². The molecule has 100 valence electrons. The summed E-state index contributed by atoms with van der Waals surface area (Å²) < 4.78 is 1.04. The maximum Gasteiger partial charge on any atom is 0.323 e. The molecule has 1 rings (SSSR count). The number of benzene rings is 1. The third-order valence-corrected chi connectivity index (χ3v) is 4.19. The van der Waals surface area contributed by atoms with Crippen LogP contribution in [-0.2, 0) is 4.79 Å². The molecule has 1 atom stereocenters. The Morgan fingerprint density at radius 2 is 2.28 bits per heavy atom. The van der Waals surface area contributed by atoms with Gasteiger partial charge in [-0.15, -0.1) is 11.8 Å². The van der Waals surface area contributed by atoms with Crippen LogP contribution < -0.4 is 5.32 Å². The summed E-state index contributed by atoms with van der Waals surface area (Å²) in [6.07, 6.45) is 0.591. The summed E-state index contributed by atoms with van der Waals surface area (Å²) in [6.45, 7) is 4.31. The second-order valence-corrected chi connectivity index (χ2v) is 6.31. The van der Waals surface area contributed by atoms with Gasteiger partial charge in [-0.05, 0) is 38.1 Å². The molecule has 18 heavy (non-hydrogen) atoms. The highest BCUT2D eigenvalue weighted by molar-refractivity contribution is 9.10. The van der Waals surface area contributed by atoms with Crippen LogP contribution in [-0.4, -0.2) is 28.9 Å². The lowest BCUT2D eigenvalue weighted by Gasteiger charge is -2.25. The van der Waals surface area contributed by atoms with E-state index >= 15 is 0 Å². The van der Waals surface area contributed by atoms with Crippen LogP contribution in [0.4, 0.5) is 0 Å². The fourth-order valence-electron chi connectivity index (χ4n) is 1.59. The van der Waals surface area contributed by atoms with Crippen molar-refractivity contribution in [2.24, 2.45) is 0 Å². The molecule has 1 aromatic rings. The molecule has 0 radical (unpaired) electrons. The van der Waals surface area contributed by atoms with Crippen LogP contribution in [0.2, 0.25) is 0 Å². The molecule has 0 aliphatic carbocycles. The number of hydrogen-bond donors (Lipinski definition) is 2. The van der Waals surface area contributed by atoms with Gasteiger partial charge in [-0.3, -0.25) is 4.79 Å². The van der Waals surface area contributed by atoms with Gasteiger partial charge in [0.15, 0.2) is 0 Å². The Hall–Kier alpha value is -0.520. The summed E-state index contributed by atoms with van der Waals surface area (Å²) in [5.41, 5.74) is -0.840. The summed E-state index contributed by atoms with van der Waals surface area (Å²) in [5.74, 6) is -0.0223. The fraction of sp³-hybridized carbons (Fsp3) is 0.462. The minimum Gasteiger partial charge on any atom is -0.480 e.